The van der Waals surface area contributed by atoms with Gasteiger partial charge >= 0.3 is 0 Å². The van der Waals surface area contributed by atoms with E-state index in [0.717, 1.165) is 26.0 Å². The van der Waals surface area contributed by atoms with Crippen LogP contribution >= 0.6 is 0 Å². The Hall–Kier alpha value is -0.650. The van der Waals surface area contributed by atoms with E-state index in [9.17, 15) is 4.79 Å². The topological polar surface area (TPSA) is 59.6 Å². The summed E-state index contributed by atoms with van der Waals surface area (Å²) in [5.41, 5.74) is -0.214. The second-order valence-corrected chi connectivity index (χ2v) is 4.79. The number of ether oxygens (including phenoxy) is 2. The van der Waals surface area contributed by atoms with Crippen molar-refractivity contribution >= 4 is 5.91 Å². The van der Waals surface area contributed by atoms with Gasteiger partial charge in [0.25, 0.3) is 0 Å². The minimum absolute atomic E-state index is 0.0210. The summed E-state index contributed by atoms with van der Waals surface area (Å²) >= 11 is 0. The summed E-state index contributed by atoms with van der Waals surface area (Å²) in [6, 6.07) is -0.215. The molecular weight excluding hydrogens is 208 g/mol. The van der Waals surface area contributed by atoms with Crippen LogP contribution in [0, 0.1) is 0 Å². The van der Waals surface area contributed by atoms with Gasteiger partial charge in [0.15, 0.2) is 0 Å². The van der Waals surface area contributed by atoms with E-state index >= 15 is 0 Å². The average molecular weight is 228 g/mol. The SMILES string of the molecule is CC1(NC(=O)C2COCCN2)CCCOC1. The lowest BCUT2D eigenvalue weighted by molar-refractivity contribution is -0.129. The van der Waals surface area contributed by atoms with Gasteiger partial charge in [-0.05, 0) is 19.8 Å². The van der Waals surface area contributed by atoms with Crippen molar-refractivity contribution in [2.45, 2.75) is 31.3 Å². The first-order valence-corrected chi connectivity index (χ1v) is 5.91. The molecule has 0 radical (unpaired) electrons. The van der Waals surface area contributed by atoms with Crippen molar-refractivity contribution in [3.8, 4) is 0 Å². The summed E-state index contributed by atoms with van der Waals surface area (Å²) in [7, 11) is 0. The third-order valence-electron chi connectivity index (χ3n) is 3.10. The largest absolute Gasteiger partial charge is 0.379 e. The van der Waals surface area contributed by atoms with Crippen LogP contribution in [0.5, 0.6) is 0 Å². The second kappa shape index (κ2) is 5.12. The first-order valence-electron chi connectivity index (χ1n) is 5.91. The summed E-state index contributed by atoms with van der Waals surface area (Å²) < 4.78 is 10.7. The van der Waals surface area contributed by atoms with E-state index in [1.54, 1.807) is 0 Å². The third kappa shape index (κ3) is 2.93. The monoisotopic (exact) mass is 228 g/mol. The molecule has 0 aromatic rings. The van der Waals surface area contributed by atoms with Crippen LogP contribution in [0.3, 0.4) is 0 Å². The maximum Gasteiger partial charge on any atom is 0.240 e. The molecule has 2 saturated heterocycles. The maximum absolute atomic E-state index is 12.0. The molecule has 0 aromatic carbocycles. The smallest absolute Gasteiger partial charge is 0.240 e. The zero-order valence-corrected chi connectivity index (χ0v) is 9.75. The predicted molar refractivity (Wildman–Crippen MR) is 59.2 cm³/mol. The zero-order valence-electron chi connectivity index (χ0n) is 9.75. The number of nitrogens with one attached hydrogen (secondary N) is 2. The van der Waals surface area contributed by atoms with Crippen molar-refractivity contribution in [1.29, 1.82) is 0 Å². The van der Waals surface area contributed by atoms with Gasteiger partial charge in [0.05, 0.1) is 25.4 Å². The van der Waals surface area contributed by atoms with E-state index in [1.807, 2.05) is 6.92 Å². The summed E-state index contributed by atoms with van der Waals surface area (Å²) in [4.78, 5) is 12.0. The van der Waals surface area contributed by atoms with E-state index < -0.39 is 0 Å². The molecule has 0 aromatic heterocycles. The van der Waals surface area contributed by atoms with Crippen LogP contribution in [0.25, 0.3) is 0 Å². The molecule has 0 aliphatic carbocycles. The number of hydrogen-bond donors (Lipinski definition) is 2. The molecule has 5 heteroatoms. The fourth-order valence-corrected chi connectivity index (χ4v) is 2.15. The van der Waals surface area contributed by atoms with Gasteiger partial charge in [-0.3, -0.25) is 4.79 Å². The van der Waals surface area contributed by atoms with E-state index in [4.69, 9.17) is 9.47 Å². The first kappa shape index (κ1) is 11.8. The average Bonchev–Trinajstić information content (AvgIpc) is 2.30. The van der Waals surface area contributed by atoms with Gasteiger partial charge in [-0.25, -0.2) is 0 Å². The van der Waals surface area contributed by atoms with Crippen molar-refractivity contribution in [3.05, 3.63) is 0 Å². The Labute approximate surface area is 95.9 Å². The Morgan fingerprint density at radius 1 is 1.44 bits per heavy atom. The molecular formula is C11H20N2O3. The molecule has 16 heavy (non-hydrogen) atoms. The Bertz CT molecular complexity index is 246. The van der Waals surface area contributed by atoms with E-state index in [2.05, 4.69) is 10.6 Å². The van der Waals surface area contributed by atoms with Crippen LogP contribution in [0.15, 0.2) is 0 Å². The number of morpholine rings is 1. The lowest BCUT2D eigenvalue weighted by Gasteiger charge is -2.36. The molecule has 92 valence electrons. The van der Waals surface area contributed by atoms with Crippen LogP contribution in [0.2, 0.25) is 0 Å². The number of rotatable bonds is 2. The van der Waals surface area contributed by atoms with E-state index in [0.29, 0.717) is 19.8 Å². The first-order chi connectivity index (χ1) is 7.70. The summed E-state index contributed by atoms with van der Waals surface area (Å²) in [6.07, 6.45) is 1.98. The van der Waals surface area contributed by atoms with Crippen LogP contribution in [-0.4, -0.2) is 50.5 Å². The van der Waals surface area contributed by atoms with Gasteiger partial charge in [-0.2, -0.15) is 0 Å². The Kier molecular flexibility index (Phi) is 3.78. The molecule has 2 aliphatic heterocycles. The molecule has 2 aliphatic rings. The lowest BCUT2D eigenvalue weighted by atomic mass is 9.94. The van der Waals surface area contributed by atoms with E-state index in [-0.39, 0.29) is 17.5 Å². The third-order valence-corrected chi connectivity index (χ3v) is 3.10. The van der Waals surface area contributed by atoms with Crippen LogP contribution in [0.4, 0.5) is 0 Å². The molecule has 0 saturated carbocycles. The Balaban J connectivity index is 1.85. The van der Waals surface area contributed by atoms with Crippen molar-refractivity contribution in [2.24, 2.45) is 0 Å². The minimum atomic E-state index is -0.215. The Morgan fingerprint density at radius 2 is 2.31 bits per heavy atom. The standard InChI is InChI=1S/C11H20N2O3/c1-11(3-2-5-16-8-11)13-10(14)9-7-15-6-4-12-9/h9,12H,2-8H2,1H3,(H,13,14). The molecule has 1 amide bonds. The van der Waals surface area contributed by atoms with Crippen molar-refractivity contribution < 1.29 is 14.3 Å². The van der Waals surface area contributed by atoms with Crippen molar-refractivity contribution in [3.63, 3.8) is 0 Å². The van der Waals surface area contributed by atoms with Gasteiger partial charge in [0.2, 0.25) is 5.91 Å². The molecule has 0 bridgehead atoms. The van der Waals surface area contributed by atoms with Gasteiger partial charge in [0.1, 0.15) is 6.04 Å². The highest BCUT2D eigenvalue weighted by Crippen LogP contribution is 2.18. The van der Waals surface area contributed by atoms with Crippen molar-refractivity contribution in [1.82, 2.24) is 10.6 Å². The molecule has 5 nitrogen and oxygen atoms in total. The summed E-state index contributed by atoms with van der Waals surface area (Å²) in [5, 5.41) is 6.21. The van der Waals surface area contributed by atoms with E-state index in [1.165, 1.54) is 0 Å². The predicted octanol–water partition coefficient (Wildman–Crippen LogP) is -0.340. The van der Waals surface area contributed by atoms with Crippen molar-refractivity contribution in [2.75, 3.05) is 33.0 Å². The number of carbonyl (C=O) groups is 1. The zero-order chi connectivity index (χ0) is 11.4. The molecule has 2 atom stereocenters. The highest BCUT2D eigenvalue weighted by molar-refractivity contribution is 5.82. The number of carbonyl (C=O) groups excluding carboxylic acids is 1. The van der Waals surface area contributed by atoms with Gasteiger partial charge < -0.3 is 20.1 Å². The summed E-state index contributed by atoms with van der Waals surface area (Å²) in [6.45, 7) is 5.33. The fourth-order valence-electron chi connectivity index (χ4n) is 2.15. The number of amides is 1. The molecule has 0 spiro atoms. The van der Waals surface area contributed by atoms with Crippen LogP contribution < -0.4 is 10.6 Å². The molecule has 2 rings (SSSR count). The number of hydrogen-bond acceptors (Lipinski definition) is 4. The quantitative estimate of drug-likeness (QED) is 0.679. The summed E-state index contributed by atoms with van der Waals surface area (Å²) in [5.74, 6) is 0.0210. The lowest BCUT2D eigenvalue weighted by Crippen LogP contribution is -2.59. The van der Waals surface area contributed by atoms with Gasteiger partial charge in [-0.1, -0.05) is 0 Å². The normalized spacial score (nSPS) is 35.7. The van der Waals surface area contributed by atoms with Gasteiger partial charge in [0, 0.05) is 13.2 Å². The van der Waals surface area contributed by atoms with Gasteiger partial charge in [-0.15, -0.1) is 0 Å². The molecule has 2 unspecified atom stereocenters. The molecule has 2 fully saturated rings. The highest BCUT2D eigenvalue weighted by atomic mass is 16.5. The fraction of sp³-hybridized carbons (Fsp3) is 0.909. The highest BCUT2D eigenvalue weighted by Gasteiger charge is 2.32. The second-order valence-electron chi connectivity index (χ2n) is 4.79. The Morgan fingerprint density at radius 3 is 2.94 bits per heavy atom. The molecule has 2 heterocycles. The maximum atomic E-state index is 12.0. The van der Waals surface area contributed by atoms with Crippen LogP contribution in [0.1, 0.15) is 19.8 Å². The molecule has 2 N–H and O–H groups in total. The van der Waals surface area contributed by atoms with Crippen LogP contribution in [-0.2, 0) is 14.3 Å². The minimum Gasteiger partial charge on any atom is -0.379 e.